The van der Waals surface area contributed by atoms with E-state index in [1.54, 1.807) is 13.8 Å². The zero-order valence-electron chi connectivity index (χ0n) is 16.2. The Balaban J connectivity index is 2.26. The number of nitrogens with zero attached hydrogens (tertiary/aromatic N) is 1. The van der Waals surface area contributed by atoms with E-state index in [0.29, 0.717) is 13.1 Å². The van der Waals surface area contributed by atoms with Crippen molar-refractivity contribution in [3.8, 4) is 0 Å². The molecule has 0 saturated heterocycles. The zero-order chi connectivity index (χ0) is 21.9. The second-order valence-corrected chi connectivity index (χ2v) is 11.4. The molecular formula is C17H23N3O6S3. The summed E-state index contributed by atoms with van der Waals surface area (Å²) in [6.07, 6.45) is 0. The minimum absolute atomic E-state index is 0.00164. The Morgan fingerprint density at radius 1 is 0.690 bits per heavy atom. The van der Waals surface area contributed by atoms with Crippen molar-refractivity contribution in [3.63, 3.8) is 0 Å². The van der Waals surface area contributed by atoms with E-state index in [1.165, 1.54) is 59.9 Å². The first-order valence-electron chi connectivity index (χ1n) is 8.64. The van der Waals surface area contributed by atoms with Crippen LogP contribution in [0.15, 0.2) is 63.2 Å². The van der Waals surface area contributed by atoms with E-state index < -0.39 is 30.1 Å². The lowest BCUT2D eigenvalue weighted by Crippen LogP contribution is -2.30. The van der Waals surface area contributed by atoms with E-state index in [0.717, 1.165) is 0 Å². The monoisotopic (exact) mass is 461 g/mol. The topological polar surface area (TPSA) is 130 Å². The summed E-state index contributed by atoms with van der Waals surface area (Å²) >= 11 is 0. The third kappa shape index (κ3) is 5.14. The van der Waals surface area contributed by atoms with Gasteiger partial charge >= 0.3 is 0 Å². The summed E-state index contributed by atoms with van der Waals surface area (Å²) in [5.74, 6) is 0. The van der Waals surface area contributed by atoms with Gasteiger partial charge in [-0.15, -0.1) is 0 Å². The number of rotatable bonds is 9. The van der Waals surface area contributed by atoms with Crippen LogP contribution in [0.2, 0.25) is 0 Å². The molecule has 2 aromatic rings. The molecule has 2 rings (SSSR count). The largest absolute Gasteiger partial charge is 0.280 e. The Morgan fingerprint density at radius 2 is 1.10 bits per heavy atom. The quantitative estimate of drug-likeness (QED) is 0.581. The fraction of sp³-hybridized carbons (Fsp3) is 0.294. The molecule has 0 saturated carbocycles. The lowest BCUT2D eigenvalue weighted by atomic mass is 10.3. The molecule has 9 nitrogen and oxygen atoms in total. The molecule has 0 radical (unpaired) electrons. The summed E-state index contributed by atoms with van der Waals surface area (Å²) in [4.78, 5) is -0.126. The van der Waals surface area contributed by atoms with Crippen molar-refractivity contribution in [2.24, 2.45) is 0 Å². The number of nitrogens with one attached hydrogen (secondary N) is 2. The van der Waals surface area contributed by atoms with E-state index in [-0.39, 0.29) is 20.4 Å². The van der Waals surface area contributed by atoms with Gasteiger partial charge in [0.1, 0.15) is 0 Å². The van der Waals surface area contributed by atoms with Crippen molar-refractivity contribution in [2.45, 2.75) is 28.5 Å². The maximum atomic E-state index is 12.5. The van der Waals surface area contributed by atoms with Crippen molar-refractivity contribution in [1.82, 2.24) is 9.03 Å². The first-order valence-corrected chi connectivity index (χ1v) is 13.0. The molecule has 0 atom stereocenters. The van der Waals surface area contributed by atoms with E-state index >= 15 is 0 Å². The van der Waals surface area contributed by atoms with Crippen LogP contribution in [0.4, 0.5) is 5.69 Å². The average molecular weight is 462 g/mol. The summed E-state index contributed by atoms with van der Waals surface area (Å²) in [7, 11) is -10.0. The Bertz CT molecular complexity index is 1150. The second kappa shape index (κ2) is 8.79. The van der Waals surface area contributed by atoms with Gasteiger partial charge in [0, 0.05) is 18.8 Å². The maximum absolute atomic E-state index is 12.5. The predicted molar refractivity (Wildman–Crippen MR) is 110 cm³/mol. The molecular weight excluding hydrogens is 438 g/mol. The summed E-state index contributed by atoms with van der Waals surface area (Å²) in [5.41, 5.74) is 0.167. The number of anilines is 1. The summed E-state index contributed by atoms with van der Waals surface area (Å²) in [6.45, 7) is 4.05. The third-order valence-corrected chi connectivity index (χ3v) is 9.05. The predicted octanol–water partition coefficient (Wildman–Crippen LogP) is 1.43. The highest BCUT2D eigenvalue weighted by molar-refractivity contribution is 7.92. The van der Waals surface area contributed by atoms with E-state index in [9.17, 15) is 25.3 Å². The van der Waals surface area contributed by atoms with Crippen LogP contribution in [0, 0.1) is 0 Å². The molecule has 0 bridgehead atoms. The van der Waals surface area contributed by atoms with Gasteiger partial charge in [-0.1, -0.05) is 13.8 Å². The van der Waals surface area contributed by atoms with E-state index in [4.69, 9.17) is 0 Å². The fourth-order valence-corrected chi connectivity index (χ4v) is 5.78. The van der Waals surface area contributed by atoms with Gasteiger partial charge in [0.05, 0.1) is 14.7 Å². The molecule has 160 valence electrons. The van der Waals surface area contributed by atoms with Gasteiger partial charge < -0.3 is 0 Å². The van der Waals surface area contributed by atoms with Crippen LogP contribution in [0.5, 0.6) is 0 Å². The molecule has 0 heterocycles. The third-order valence-electron chi connectivity index (χ3n) is 4.16. The van der Waals surface area contributed by atoms with Gasteiger partial charge in [-0.25, -0.2) is 30.0 Å². The Morgan fingerprint density at radius 3 is 1.55 bits per heavy atom. The summed E-state index contributed by atoms with van der Waals surface area (Å²) in [5, 5.41) is 0. The van der Waals surface area contributed by atoms with Gasteiger partial charge in [-0.05, 0) is 55.6 Å². The van der Waals surface area contributed by atoms with Crippen molar-refractivity contribution in [1.29, 1.82) is 0 Å². The molecule has 0 aliphatic carbocycles. The second-order valence-electron chi connectivity index (χ2n) is 5.90. The number of sulfonamides is 3. The Hall–Kier alpha value is -1.99. The number of hydrogen-bond acceptors (Lipinski definition) is 6. The van der Waals surface area contributed by atoms with E-state index in [2.05, 4.69) is 9.44 Å². The first-order chi connectivity index (χ1) is 13.5. The van der Waals surface area contributed by atoms with Crippen LogP contribution >= 0.6 is 0 Å². The molecule has 0 aliphatic heterocycles. The van der Waals surface area contributed by atoms with Crippen LogP contribution in [0.3, 0.4) is 0 Å². The molecule has 29 heavy (non-hydrogen) atoms. The van der Waals surface area contributed by atoms with Crippen LogP contribution in [0.25, 0.3) is 0 Å². The molecule has 0 fully saturated rings. The minimum atomic E-state index is -3.98. The normalized spacial score (nSPS) is 12.8. The minimum Gasteiger partial charge on any atom is -0.280 e. The van der Waals surface area contributed by atoms with Crippen molar-refractivity contribution >= 4 is 35.8 Å². The molecule has 2 N–H and O–H groups in total. The molecule has 0 spiro atoms. The lowest BCUT2D eigenvalue weighted by Gasteiger charge is -2.18. The SMILES string of the molecule is CCN(CC)S(=O)(=O)c1ccc(S(=O)(=O)Nc2ccc(S(=O)(=O)NC)cc2)cc1. The van der Waals surface area contributed by atoms with Gasteiger partial charge in [-0.2, -0.15) is 4.31 Å². The van der Waals surface area contributed by atoms with Crippen LogP contribution in [-0.4, -0.2) is 49.7 Å². The fourth-order valence-electron chi connectivity index (χ4n) is 2.54. The van der Waals surface area contributed by atoms with Gasteiger partial charge in [-0.3, -0.25) is 4.72 Å². The van der Waals surface area contributed by atoms with Gasteiger partial charge in [0.25, 0.3) is 10.0 Å². The van der Waals surface area contributed by atoms with Crippen LogP contribution in [0.1, 0.15) is 13.8 Å². The number of hydrogen-bond donors (Lipinski definition) is 2. The molecule has 0 aliphatic rings. The van der Waals surface area contributed by atoms with E-state index in [1.807, 2.05) is 0 Å². The highest BCUT2D eigenvalue weighted by Gasteiger charge is 2.23. The molecule has 0 unspecified atom stereocenters. The van der Waals surface area contributed by atoms with Crippen molar-refractivity contribution in [2.75, 3.05) is 24.9 Å². The maximum Gasteiger partial charge on any atom is 0.261 e. The Kier molecular flexibility index (Phi) is 7.06. The van der Waals surface area contributed by atoms with Gasteiger partial charge in [0.15, 0.2) is 0 Å². The van der Waals surface area contributed by atoms with Gasteiger partial charge in [0.2, 0.25) is 20.0 Å². The van der Waals surface area contributed by atoms with Crippen molar-refractivity contribution < 1.29 is 25.3 Å². The summed E-state index contributed by atoms with van der Waals surface area (Å²) < 4.78 is 79.3. The molecule has 2 aromatic carbocycles. The highest BCUT2D eigenvalue weighted by Crippen LogP contribution is 2.21. The lowest BCUT2D eigenvalue weighted by molar-refractivity contribution is 0.445. The molecule has 12 heteroatoms. The van der Waals surface area contributed by atoms with Crippen LogP contribution in [-0.2, 0) is 30.1 Å². The van der Waals surface area contributed by atoms with Crippen molar-refractivity contribution in [3.05, 3.63) is 48.5 Å². The molecule has 0 amide bonds. The highest BCUT2D eigenvalue weighted by atomic mass is 32.2. The zero-order valence-corrected chi connectivity index (χ0v) is 18.6. The first kappa shape index (κ1) is 23.3. The standard InChI is InChI=1S/C17H23N3O6S3/c1-4-20(5-2)29(25,26)17-12-10-16(11-13-17)28(23,24)19-14-6-8-15(9-7-14)27(21,22)18-3/h6-13,18-19H,4-5H2,1-3H3. The van der Waals surface area contributed by atoms with Crippen LogP contribution < -0.4 is 9.44 Å². The molecule has 0 aromatic heterocycles. The number of benzene rings is 2. The average Bonchev–Trinajstić information content (AvgIpc) is 2.69. The summed E-state index contributed by atoms with van der Waals surface area (Å²) in [6, 6.07) is 10.1. The Labute approximate surface area is 171 Å². The smallest absolute Gasteiger partial charge is 0.261 e.